The van der Waals surface area contributed by atoms with E-state index in [9.17, 15) is 4.79 Å². The average molecular weight is 273 g/mol. The molecule has 0 radical (unpaired) electrons. The lowest BCUT2D eigenvalue weighted by molar-refractivity contribution is -0.138. The van der Waals surface area contributed by atoms with Gasteiger partial charge < -0.3 is 15.4 Å². The lowest BCUT2D eigenvalue weighted by atomic mass is 10.0. The topological polar surface area (TPSA) is 71.5 Å². The first-order valence-electron chi connectivity index (χ1n) is 6.82. The fourth-order valence-corrected chi connectivity index (χ4v) is 3.03. The summed E-state index contributed by atoms with van der Waals surface area (Å²) in [6, 6.07) is 3.32. The molecule has 1 aromatic carbocycles. The molecule has 0 fully saturated rings. The number of carbonyl (C=O) groups is 1. The monoisotopic (exact) mass is 273 g/mol. The summed E-state index contributed by atoms with van der Waals surface area (Å²) in [5.41, 5.74) is 10.2. The van der Waals surface area contributed by atoms with Crippen LogP contribution in [0.15, 0.2) is 18.3 Å². The van der Waals surface area contributed by atoms with Crippen LogP contribution in [0.25, 0.3) is 10.9 Å². The zero-order valence-electron chi connectivity index (χ0n) is 11.8. The number of carboxylic acids is 1. The van der Waals surface area contributed by atoms with Gasteiger partial charge in [0.25, 0.3) is 0 Å². The van der Waals surface area contributed by atoms with Crippen LogP contribution >= 0.6 is 0 Å². The first kappa shape index (κ1) is 13.1. The van der Waals surface area contributed by atoms with Gasteiger partial charge in [-0.25, -0.2) is 0 Å². The smallest absolute Gasteiger partial charge is 0.325 e. The number of aliphatic carboxylic acids is 1. The van der Waals surface area contributed by atoms with Crippen molar-refractivity contribution >= 4 is 16.9 Å². The number of fused-ring (bicyclic) bond motifs is 2. The summed E-state index contributed by atoms with van der Waals surface area (Å²) in [6.45, 7) is 4.71. The number of hydrogen-bond donors (Lipinski definition) is 2. The van der Waals surface area contributed by atoms with Gasteiger partial charge in [0.1, 0.15) is 6.04 Å². The Bertz CT molecular complexity index is 690. The Morgan fingerprint density at radius 3 is 2.65 bits per heavy atom. The summed E-state index contributed by atoms with van der Waals surface area (Å²) in [4.78, 5) is 13.4. The minimum absolute atomic E-state index is 0.701. The fourth-order valence-electron chi connectivity index (χ4n) is 3.03. The molecule has 3 rings (SSSR count). The van der Waals surface area contributed by atoms with E-state index in [4.69, 9.17) is 10.8 Å². The molecule has 1 aromatic heterocycles. The van der Waals surface area contributed by atoms with Gasteiger partial charge in [-0.3, -0.25) is 9.69 Å². The van der Waals surface area contributed by atoms with Gasteiger partial charge in [-0.1, -0.05) is 0 Å². The molecule has 2 aromatic rings. The van der Waals surface area contributed by atoms with Crippen molar-refractivity contribution in [2.24, 2.45) is 5.73 Å². The van der Waals surface area contributed by atoms with Gasteiger partial charge in [0.15, 0.2) is 0 Å². The highest BCUT2D eigenvalue weighted by Gasteiger charge is 2.23. The van der Waals surface area contributed by atoms with Gasteiger partial charge in [0.2, 0.25) is 0 Å². The molecule has 1 atom stereocenters. The molecule has 1 unspecified atom stereocenters. The molecule has 1 aliphatic rings. The highest BCUT2D eigenvalue weighted by Crippen LogP contribution is 2.32. The largest absolute Gasteiger partial charge is 0.480 e. The molecule has 0 aliphatic carbocycles. The number of nitrogens with two attached hydrogens (primary N) is 1. The maximum atomic E-state index is 11.2. The molecule has 5 nitrogen and oxygen atoms in total. The Hall–Kier alpha value is -1.85. The number of nitrogens with zero attached hydrogens (tertiary/aromatic N) is 2. The van der Waals surface area contributed by atoms with Gasteiger partial charge in [0, 0.05) is 42.3 Å². The molecule has 0 amide bonds. The first-order valence-corrected chi connectivity index (χ1v) is 6.82. The standard InChI is InChI=1S/C15H19N3O2/c1-3-18-8-12(14(16)15(19)20)11-4-9-6-17(2)7-10(9)5-13(11)18/h4-5,8,14H,3,6-7,16H2,1-2H3,(H,19,20). The number of benzene rings is 1. The SMILES string of the molecule is CCn1cc(C(N)C(=O)O)c2cc3c(cc21)CN(C)C3. The Balaban J connectivity index is 2.23. The van der Waals surface area contributed by atoms with E-state index in [2.05, 4.69) is 35.6 Å². The summed E-state index contributed by atoms with van der Waals surface area (Å²) >= 11 is 0. The number of hydrogen-bond acceptors (Lipinski definition) is 3. The Labute approximate surface area is 117 Å². The van der Waals surface area contributed by atoms with Crippen LogP contribution in [0.3, 0.4) is 0 Å². The zero-order chi connectivity index (χ0) is 14.4. The third-order valence-electron chi connectivity index (χ3n) is 4.06. The second-order valence-corrected chi connectivity index (χ2v) is 5.50. The minimum atomic E-state index is -0.988. The molecule has 106 valence electrons. The molecular weight excluding hydrogens is 254 g/mol. The summed E-state index contributed by atoms with van der Waals surface area (Å²) in [5, 5.41) is 10.1. The van der Waals surface area contributed by atoms with E-state index in [0.29, 0.717) is 5.56 Å². The molecule has 0 saturated heterocycles. The quantitative estimate of drug-likeness (QED) is 0.892. The summed E-state index contributed by atoms with van der Waals surface area (Å²) in [6.07, 6.45) is 1.88. The molecule has 0 spiro atoms. The lowest BCUT2D eigenvalue weighted by Crippen LogP contribution is -2.20. The van der Waals surface area contributed by atoms with E-state index in [-0.39, 0.29) is 0 Å². The highest BCUT2D eigenvalue weighted by molar-refractivity contribution is 5.90. The van der Waals surface area contributed by atoms with Gasteiger partial charge in [-0.2, -0.15) is 0 Å². The third kappa shape index (κ3) is 1.90. The van der Waals surface area contributed by atoms with Crippen molar-refractivity contribution in [2.75, 3.05) is 7.05 Å². The Morgan fingerprint density at radius 2 is 2.05 bits per heavy atom. The average Bonchev–Trinajstić information content (AvgIpc) is 2.93. The van der Waals surface area contributed by atoms with Crippen LogP contribution in [-0.4, -0.2) is 27.6 Å². The molecule has 1 aliphatic heterocycles. The van der Waals surface area contributed by atoms with Crippen LogP contribution in [0.5, 0.6) is 0 Å². The van der Waals surface area contributed by atoms with Crippen LogP contribution in [0.2, 0.25) is 0 Å². The van der Waals surface area contributed by atoms with Crippen LogP contribution < -0.4 is 5.73 Å². The predicted octanol–water partition coefficient (Wildman–Crippen LogP) is 1.69. The predicted molar refractivity (Wildman–Crippen MR) is 77.3 cm³/mol. The number of rotatable bonds is 3. The van der Waals surface area contributed by atoms with Crippen LogP contribution in [0, 0.1) is 0 Å². The zero-order valence-corrected chi connectivity index (χ0v) is 11.8. The van der Waals surface area contributed by atoms with Gasteiger partial charge >= 0.3 is 5.97 Å². The summed E-state index contributed by atoms with van der Waals surface area (Å²) in [7, 11) is 2.09. The molecule has 3 N–H and O–H groups in total. The molecule has 0 saturated carbocycles. The van der Waals surface area contributed by atoms with Crippen LogP contribution in [-0.2, 0) is 24.4 Å². The van der Waals surface area contributed by atoms with Crippen molar-refractivity contribution in [3.8, 4) is 0 Å². The van der Waals surface area contributed by atoms with Crippen LogP contribution in [0.1, 0.15) is 29.7 Å². The second-order valence-electron chi connectivity index (χ2n) is 5.50. The second kappa shape index (κ2) is 4.61. The molecular formula is C15H19N3O2. The molecule has 2 heterocycles. The number of aromatic nitrogens is 1. The van der Waals surface area contributed by atoms with E-state index in [1.807, 2.05) is 6.20 Å². The number of carboxylic acid groups (broad SMARTS) is 1. The molecule has 5 heteroatoms. The fraction of sp³-hybridized carbons (Fsp3) is 0.400. The van der Waals surface area contributed by atoms with Crippen molar-refractivity contribution in [1.29, 1.82) is 0 Å². The number of aryl methyl sites for hydroxylation is 1. The maximum absolute atomic E-state index is 11.2. The summed E-state index contributed by atoms with van der Waals surface area (Å²) in [5.74, 6) is -0.988. The van der Waals surface area contributed by atoms with E-state index in [0.717, 1.165) is 30.5 Å². The van der Waals surface area contributed by atoms with Gasteiger partial charge in [0.05, 0.1) is 0 Å². The Morgan fingerprint density at radius 1 is 1.40 bits per heavy atom. The Kier molecular flexibility index (Phi) is 3.03. The first-order chi connectivity index (χ1) is 9.51. The van der Waals surface area contributed by atoms with Crippen molar-refractivity contribution in [3.05, 3.63) is 35.0 Å². The molecule has 0 bridgehead atoms. The normalized spacial score (nSPS) is 16.6. The highest BCUT2D eigenvalue weighted by atomic mass is 16.4. The van der Waals surface area contributed by atoms with E-state index in [1.54, 1.807) is 0 Å². The van der Waals surface area contributed by atoms with E-state index in [1.165, 1.54) is 11.1 Å². The van der Waals surface area contributed by atoms with E-state index < -0.39 is 12.0 Å². The van der Waals surface area contributed by atoms with Gasteiger partial charge in [-0.05, 0) is 37.2 Å². The summed E-state index contributed by atoms with van der Waals surface area (Å²) < 4.78 is 2.08. The lowest BCUT2D eigenvalue weighted by Gasteiger charge is -2.06. The minimum Gasteiger partial charge on any atom is -0.480 e. The van der Waals surface area contributed by atoms with Crippen molar-refractivity contribution in [1.82, 2.24) is 9.47 Å². The maximum Gasteiger partial charge on any atom is 0.325 e. The van der Waals surface area contributed by atoms with Gasteiger partial charge in [-0.15, -0.1) is 0 Å². The van der Waals surface area contributed by atoms with Crippen LogP contribution in [0.4, 0.5) is 0 Å². The third-order valence-corrected chi connectivity index (χ3v) is 4.06. The van der Waals surface area contributed by atoms with E-state index >= 15 is 0 Å². The van der Waals surface area contributed by atoms with Crippen molar-refractivity contribution in [3.63, 3.8) is 0 Å². The van der Waals surface area contributed by atoms with Crippen molar-refractivity contribution < 1.29 is 9.90 Å². The van der Waals surface area contributed by atoms with Crippen molar-refractivity contribution in [2.45, 2.75) is 32.6 Å². The molecule has 20 heavy (non-hydrogen) atoms.